The number of allylic oxidation sites excluding steroid dienone is 2. The Kier molecular flexibility index (Phi) is 1.19. The molecular formula is C9H6N4. The normalized spacial score (nSPS) is 17.5. The van der Waals surface area contributed by atoms with Crippen molar-refractivity contribution in [2.24, 2.45) is 10.2 Å². The highest BCUT2D eigenvalue weighted by atomic mass is 15.2. The molecule has 1 aliphatic heterocycles. The van der Waals surface area contributed by atoms with E-state index in [2.05, 4.69) is 26.2 Å². The third-order valence-electron chi connectivity index (χ3n) is 2.18. The van der Waals surface area contributed by atoms with Crippen LogP contribution in [0, 0.1) is 0 Å². The molecule has 0 saturated carbocycles. The highest BCUT2D eigenvalue weighted by Crippen LogP contribution is 2.20. The van der Waals surface area contributed by atoms with E-state index >= 15 is 0 Å². The van der Waals surface area contributed by atoms with Crippen LogP contribution in [0.4, 0.5) is 0 Å². The third kappa shape index (κ3) is 0.853. The van der Waals surface area contributed by atoms with Gasteiger partial charge in [0.05, 0.1) is 11.9 Å². The second-order valence-electron chi connectivity index (χ2n) is 2.95. The van der Waals surface area contributed by atoms with E-state index < -0.39 is 0 Å². The first-order valence-corrected chi connectivity index (χ1v) is 4.06. The zero-order valence-corrected chi connectivity index (χ0v) is 6.81. The SMILES string of the molecule is C1=NN=C2C1=CCc1cncnc12. The summed E-state index contributed by atoms with van der Waals surface area (Å²) < 4.78 is 0. The van der Waals surface area contributed by atoms with Crippen molar-refractivity contribution in [2.45, 2.75) is 6.42 Å². The molecule has 0 amide bonds. The van der Waals surface area contributed by atoms with Gasteiger partial charge in [0.15, 0.2) is 0 Å². The zero-order valence-electron chi connectivity index (χ0n) is 6.81. The number of hydrogen-bond donors (Lipinski definition) is 0. The molecule has 3 rings (SSSR count). The number of fused-ring (bicyclic) bond motifs is 3. The van der Waals surface area contributed by atoms with Crippen molar-refractivity contribution in [3.63, 3.8) is 0 Å². The molecule has 1 aromatic heterocycles. The van der Waals surface area contributed by atoms with E-state index in [1.165, 1.54) is 0 Å². The Bertz CT molecular complexity index is 456. The standard InChI is InChI=1S/C9H6N4/c1-2-7-4-12-13-9(7)8-6(1)3-10-5-11-8/h2-5H,1H2. The smallest absolute Gasteiger partial charge is 0.120 e. The molecule has 1 aromatic rings. The molecule has 0 aromatic carbocycles. The molecular weight excluding hydrogens is 164 g/mol. The Labute approximate surface area is 74.8 Å². The minimum absolute atomic E-state index is 0.872. The van der Waals surface area contributed by atoms with Gasteiger partial charge in [-0.15, -0.1) is 5.10 Å². The predicted molar refractivity (Wildman–Crippen MR) is 48.8 cm³/mol. The zero-order chi connectivity index (χ0) is 8.67. The Hall–Kier alpha value is -1.84. The number of hydrogen-bond acceptors (Lipinski definition) is 4. The van der Waals surface area contributed by atoms with Gasteiger partial charge in [-0.1, -0.05) is 6.08 Å². The molecule has 1 aliphatic carbocycles. The maximum Gasteiger partial charge on any atom is 0.120 e. The van der Waals surface area contributed by atoms with Gasteiger partial charge in [-0.25, -0.2) is 9.97 Å². The lowest BCUT2D eigenvalue weighted by atomic mass is 9.96. The molecule has 4 heteroatoms. The first-order valence-electron chi connectivity index (χ1n) is 4.06. The lowest BCUT2D eigenvalue weighted by Gasteiger charge is -2.10. The van der Waals surface area contributed by atoms with Crippen LogP contribution in [-0.2, 0) is 6.42 Å². The van der Waals surface area contributed by atoms with Crippen LogP contribution < -0.4 is 0 Å². The van der Waals surface area contributed by atoms with Gasteiger partial charge in [-0.2, -0.15) is 5.10 Å². The number of aromatic nitrogens is 2. The van der Waals surface area contributed by atoms with Crippen LogP contribution in [0.1, 0.15) is 11.3 Å². The predicted octanol–water partition coefficient (Wildman–Crippen LogP) is 0.748. The van der Waals surface area contributed by atoms with Gasteiger partial charge in [0, 0.05) is 17.3 Å². The van der Waals surface area contributed by atoms with Crippen LogP contribution >= 0.6 is 0 Å². The summed E-state index contributed by atoms with van der Waals surface area (Å²) in [7, 11) is 0. The largest absolute Gasteiger partial charge is 0.244 e. The maximum absolute atomic E-state index is 4.20. The van der Waals surface area contributed by atoms with E-state index in [-0.39, 0.29) is 0 Å². The second-order valence-corrected chi connectivity index (χ2v) is 2.95. The molecule has 0 atom stereocenters. The van der Waals surface area contributed by atoms with Crippen LogP contribution in [0.15, 0.2) is 34.4 Å². The van der Waals surface area contributed by atoms with Gasteiger partial charge >= 0.3 is 0 Å². The number of rotatable bonds is 0. The first kappa shape index (κ1) is 6.65. The molecule has 0 saturated heterocycles. The molecule has 0 fully saturated rings. The fourth-order valence-electron chi connectivity index (χ4n) is 1.54. The van der Waals surface area contributed by atoms with Gasteiger partial charge in [0.25, 0.3) is 0 Å². The van der Waals surface area contributed by atoms with E-state index in [1.807, 2.05) is 6.20 Å². The van der Waals surface area contributed by atoms with Gasteiger partial charge in [-0.05, 0) is 6.42 Å². The van der Waals surface area contributed by atoms with Crippen LogP contribution in [0.3, 0.4) is 0 Å². The van der Waals surface area contributed by atoms with Crippen molar-refractivity contribution >= 4 is 11.9 Å². The summed E-state index contributed by atoms with van der Waals surface area (Å²) in [6.07, 6.45) is 8.11. The molecule has 0 radical (unpaired) electrons. The van der Waals surface area contributed by atoms with Crippen molar-refractivity contribution in [1.82, 2.24) is 9.97 Å². The molecule has 62 valence electrons. The monoisotopic (exact) mass is 170 g/mol. The Morgan fingerprint density at radius 2 is 2.31 bits per heavy atom. The van der Waals surface area contributed by atoms with Crippen LogP contribution in [0.2, 0.25) is 0 Å². The van der Waals surface area contributed by atoms with Crippen molar-refractivity contribution in [1.29, 1.82) is 0 Å². The minimum atomic E-state index is 0.872. The Balaban J connectivity index is 2.25. The molecule has 0 spiro atoms. The quantitative estimate of drug-likeness (QED) is 0.576. The van der Waals surface area contributed by atoms with Crippen LogP contribution in [0.25, 0.3) is 0 Å². The summed E-state index contributed by atoms with van der Waals surface area (Å²) in [4.78, 5) is 8.18. The van der Waals surface area contributed by atoms with E-state index in [9.17, 15) is 0 Å². The van der Waals surface area contributed by atoms with E-state index in [1.54, 1.807) is 12.5 Å². The highest BCUT2D eigenvalue weighted by Gasteiger charge is 2.21. The molecule has 2 aliphatic rings. The molecule has 0 bridgehead atoms. The third-order valence-corrected chi connectivity index (χ3v) is 2.18. The summed E-state index contributed by atoms with van der Waals surface area (Å²) in [5.41, 5.74) is 4.00. The lowest BCUT2D eigenvalue weighted by Crippen LogP contribution is -2.13. The first-order chi connectivity index (χ1) is 6.45. The summed E-state index contributed by atoms with van der Waals surface area (Å²) in [6.45, 7) is 0. The summed E-state index contributed by atoms with van der Waals surface area (Å²) in [5.74, 6) is 0. The molecule has 0 N–H and O–H groups in total. The topological polar surface area (TPSA) is 50.5 Å². The maximum atomic E-state index is 4.20. The van der Waals surface area contributed by atoms with E-state index in [0.29, 0.717) is 0 Å². The van der Waals surface area contributed by atoms with Gasteiger partial charge in [0.2, 0.25) is 0 Å². The number of nitrogens with zero attached hydrogens (tertiary/aromatic N) is 4. The summed E-state index contributed by atoms with van der Waals surface area (Å²) in [6, 6.07) is 0. The fourth-order valence-corrected chi connectivity index (χ4v) is 1.54. The minimum Gasteiger partial charge on any atom is -0.244 e. The van der Waals surface area contributed by atoms with Crippen molar-refractivity contribution in [3.8, 4) is 0 Å². The summed E-state index contributed by atoms with van der Waals surface area (Å²) in [5, 5.41) is 7.89. The van der Waals surface area contributed by atoms with Gasteiger partial charge in [0.1, 0.15) is 12.0 Å². The Morgan fingerprint density at radius 1 is 1.31 bits per heavy atom. The molecule has 2 heterocycles. The van der Waals surface area contributed by atoms with Crippen molar-refractivity contribution in [3.05, 3.63) is 35.4 Å². The molecule has 13 heavy (non-hydrogen) atoms. The lowest BCUT2D eigenvalue weighted by molar-refractivity contribution is 1.06. The van der Waals surface area contributed by atoms with E-state index in [4.69, 9.17) is 0 Å². The van der Waals surface area contributed by atoms with Crippen LogP contribution in [-0.4, -0.2) is 21.9 Å². The summed E-state index contributed by atoms with van der Waals surface area (Å²) >= 11 is 0. The fraction of sp³-hybridized carbons (Fsp3) is 0.111. The molecule has 4 nitrogen and oxygen atoms in total. The second kappa shape index (κ2) is 2.32. The van der Waals surface area contributed by atoms with Crippen molar-refractivity contribution in [2.75, 3.05) is 0 Å². The Morgan fingerprint density at radius 3 is 3.31 bits per heavy atom. The van der Waals surface area contributed by atoms with Crippen LogP contribution in [0.5, 0.6) is 0 Å². The van der Waals surface area contributed by atoms with Gasteiger partial charge in [-0.3, -0.25) is 0 Å². The average Bonchev–Trinajstić information content (AvgIpc) is 2.65. The molecule has 0 unspecified atom stereocenters. The average molecular weight is 170 g/mol. The van der Waals surface area contributed by atoms with E-state index in [0.717, 1.165) is 29.0 Å². The van der Waals surface area contributed by atoms with Gasteiger partial charge < -0.3 is 0 Å². The highest BCUT2D eigenvalue weighted by molar-refractivity contribution is 6.26. The van der Waals surface area contributed by atoms with Crippen molar-refractivity contribution < 1.29 is 0 Å².